The molecule has 0 aromatic carbocycles. The maximum Gasteiger partial charge on any atom is 0.0629 e. The second-order valence-corrected chi connectivity index (χ2v) is 4.81. The molecule has 92 valence electrons. The Bertz CT molecular complexity index is 344. The molecule has 1 aromatic heterocycles. The molecule has 2 unspecified atom stereocenters. The fourth-order valence-corrected chi connectivity index (χ4v) is 2.17. The van der Waals surface area contributed by atoms with E-state index in [1.807, 2.05) is 18.7 Å². The number of aryl methyl sites for hydroxylation is 2. The van der Waals surface area contributed by atoms with Gasteiger partial charge in [0.2, 0.25) is 0 Å². The van der Waals surface area contributed by atoms with E-state index < -0.39 is 0 Å². The molecule has 0 radical (unpaired) electrons. The fourth-order valence-electron chi connectivity index (χ4n) is 2.17. The van der Waals surface area contributed by atoms with Gasteiger partial charge >= 0.3 is 0 Å². The van der Waals surface area contributed by atoms with E-state index in [4.69, 9.17) is 0 Å². The van der Waals surface area contributed by atoms with Gasteiger partial charge in [0.25, 0.3) is 0 Å². The van der Waals surface area contributed by atoms with Crippen LogP contribution in [0.15, 0.2) is 0 Å². The topological polar surface area (TPSA) is 38.1 Å². The molecule has 16 heavy (non-hydrogen) atoms. The molecule has 0 aliphatic rings. The molecule has 3 heteroatoms. The molecule has 0 amide bonds. The summed E-state index contributed by atoms with van der Waals surface area (Å²) in [4.78, 5) is 0. The van der Waals surface area contributed by atoms with Crippen molar-refractivity contribution in [3.63, 3.8) is 0 Å². The van der Waals surface area contributed by atoms with Crippen molar-refractivity contribution in [2.24, 2.45) is 13.0 Å². The Labute approximate surface area is 98.5 Å². The number of aromatic nitrogens is 2. The fraction of sp³-hybridized carbons (Fsp3) is 0.769. The van der Waals surface area contributed by atoms with Crippen LogP contribution in [-0.2, 0) is 13.5 Å². The first-order valence-corrected chi connectivity index (χ1v) is 6.14. The highest BCUT2D eigenvalue weighted by atomic mass is 16.3. The molecule has 1 N–H and O–H groups in total. The minimum Gasteiger partial charge on any atom is -0.393 e. The summed E-state index contributed by atoms with van der Waals surface area (Å²) >= 11 is 0. The second kappa shape index (κ2) is 5.48. The number of rotatable bonds is 5. The monoisotopic (exact) mass is 224 g/mol. The van der Waals surface area contributed by atoms with Crippen LogP contribution >= 0.6 is 0 Å². The summed E-state index contributed by atoms with van der Waals surface area (Å²) in [6, 6.07) is 0. The van der Waals surface area contributed by atoms with Gasteiger partial charge in [-0.25, -0.2) is 0 Å². The Hall–Kier alpha value is -0.830. The van der Waals surface area contributed by atoms with Crippen LogP contribution in [0.2, 0.25) is 0 Å². The summed E-state index contributed by atoms with van der Waals surface area (Å²) in [6.45, 7) is 8.35. The van der Waals surface area contributed by atoms with Crippen LogP contribution in [0.4, 0.5) is 0 Å². The quantitative estimate of drug-likeness (QED) is 0.834. The zero-order valence-corrected chi connectivity index (χ0v) is 11.1. The minimum atomic E-state index is -0.249. The average Bonchev–Trinajstić information content (AvgIpc) is 2.45. The number of aliphatic hydroxyl groups excluding tert-OH is 1. The highest BCUT2D eigenvalue weighted by molar-refractivity contribution is 5.25. The summed E-state index contributed by atoms with van der Waals surface area (Å²) in [5, 5.41) is 14.5. The molecule has 0 spiro atoms. The van der Waals surface area contributed by atoms with E-state index in [0.29, 0.717) is 5.92 Å². The molecule has 2 atom stereocenters. The van der Waals surface area contributed by atoms with Crippen LogP contribution in [0.1, 0.15) is 43.6 Å². The van der Waals surface area contributed by atoms with E-state index in [-0.39, 0.29) is 6.10 Å². The largest absolute Gasteiger partial charge is 0.393 e. The molecule has 0 saturated heterocycles. The summed E-state index contributed by atoms with van der Waals surface area (Å²) < 4.78 is 1.89. The van der Waals surface area contributed by atoms with Crippen LogP contribution in [0, 0.1) is 19.8 Å². The zero-order valence-electron chi connectivity index (χ0n) is 11.1. The first kappa shape index (κ1) is 13.2. The molecule has 1 aromatic rings. The summed E-state index contributed by atoms with van der Waals surface area (Å²) in [5.41, 5.74) is 3.42. The maximum atomic E-state index is 10.1. The minimum absolute atomic E-state index is 0.249. The number of aliphatic hydroxyl groups is 1. The number of hydrogen-bond donors (Lipinski definition) is 1. The summed E-state index contributed by atoms with van der Waals surface area (Å²) in [7, 11) is 1.95. The van der Waals surface area contributed by atoms with Crippen molar-refractivity contribution < 1.29 is 5.11 Å². The van der Waals surface area contributed by atoms with Crippen LogP contribution in [0.3, 0.4) is 0 Å². The van der Waals surface area contributed by atoms with Gasteiger partial charge in [-0.15, -0.1) is 0 Å². The number of nitrogens with zero attached hydrogens (tertiary/aromatic N) is 2. The van der Waals surface area contributed by atoms with Gasteiger partial charge < -0.3 is 5.11 Å². The highest BCUT2D eigenvalue weighted by Crippen LogP contribution is 2.19. The molecule has 3 nitrogen and oxygen atoms in total. The Morgan fingerprint density at radius 3 is 2.44 bits per heavy atom. The van der Waals surface area contributed by atoms with Crippen molar-refractivity contribution in [1.82, 2.24) is 9.78 Å². The van der Waals surface area contributed by atoms with Crippen LogP contribution < -0.4 is 0 Å². The van der Waals surface area contributed by atoms with E-state index in [1.165, 1.54) is 11.3 Å². The Kier molecular flexibility index (Phi) is 4.54. The number of hydrogen-bond acceptors (Lipinski definition) is 2. The van der Waals surface area contributed by atoms with E-state index in [9.17, 15) is 5.11 Å². The van der Waals surface area contributed by atoms with Gasteiger partial charge in [-0.2, -0.15) is 5.10 Å². The smallest absolute Gasteiger partial charge is 0.0629 e. The summed E-state index contributed by atoms with van der Waals surface area (Å²) in [5.74, 6) is 0.365. The Balaban J connectivity index is 2.72. The first-order valence-electron chi connectivity index (χ1n) is 6.14. The van der Waals surface area contributed by atoms with Crippen molar-refractivity contribution in [2.75, 3.05) is 0 Å². The second-order valence-electron chi connectivity index (χ2n) is 4.81. The van der Waals surface area contributed by atoms with Crippen LogP contribution in [0.5, 0.6) is 0 Å². The third kappa shape index (κ3) is 2.85. The highest BCUT2D eigenvalue weighted by Gasteiger charge is 2.18. The van der Waals surface area contributed by atoms with Gasteiger partial charge in [0.15, 0.2) is 0 Å². The van der Waals surface area contributed by atoms with Gasteiger partial charge in [-0.1, -0.05) is 20.3 Å². The summed E-state index contributed by atoms with van der Waals surface area (Å²) in [6.07, 6.45) is 2.69. The lowest BCUT2D eigenvalue weighted by molar-refractivity contribution is 0.111. The van der Waals surface area contributed by atoms with Gasteiger partial charge in [0.05, 0.1) is 11.8 Å². The van der Waals surface area contributed by atoms with Crippen LogP contribution in [0.25, 0.3) is 0 Å². The predicted octanol–water partition coefficient (Wildman–Crippen LogP) is 2.38. The molecular weight excluding hydrogens is 200 g/mol. The molecule has 0 aliphatic carbocycles. The maximum absolute atomic E-state index is 10.1. The predicted molar refractivity (Wildman–Crippen MR) is 66.5 cm³/mol. The third-order valence-corrected chi connectivity index (χ3v) is 3.47. The van der Waals surface area contributed by atoms with Gasteiger partial charge in [-0.05, 0) is 31.7 Å². The van der Waals surface area contributed by atoms with Gasteiger partial charge in [0.1, 0.15) is 0 Å². The van der Waals surface area contributed by atoms with Crippen molar-refractivity contribution in [2.45, 2.75) is 53.1 Å². The SMILES string of the molecule is CCCC(C)C(O)Cc1c(C)nn(C)c1C. The lowest BCUT2D eigenvalue weighted by Crippen LogP contribution is -2.20. The molecule has 0 aliphatic heterocycles. The van der Waals surface area contributed by atoms with Crippen molar-refractivity contribution in [3.8, 4) is 0 Å². The van der Waals surface area contributed by atoms with E-state index in [2.05, 4.69) is 25.9 Å². The molecule has 1 heterocycles. The molecule has 1 rings (SSSR count). The van der Waals surface area contributed by atoms with Gasteiger partial charge in [-0.3, -0.25) is 4.68 Å². The Morgan fingerprint density at radius 2 is 2.00 bits per heavy atom. The first-order chi connectivity index (χ1) is 7.47. The average molecular weight is 224 g/mol. The standard InChI is InChI=1S/C13H24N2O/c1-6-7-9(2)13(16)8-12-10(3)14-15(5)11(12)4/h9,13,16H,6-8H2,1-5H3. The zero-order chi connectivity index (χ0) is 12.3. The van der Waals surface area contributed by atoms with Crippen LogP contribution in [-0.4, -0.2) is 21.0 Å². The molecule has 0 fully saturated rings. The lowest BCUT2D eigenvalue weighted by Gasteiger charge is -2.18. The van der Waals surface area contributed by atoms with Gasteiger partial charge in [0, 0.05) is 19.2 Å². The normalized spacial score (nSPS) is 15.1. The van der Waals surface area contributed by atoms with E-state index >= 15 is 0 Å². The lowest BCUT2D eigenvalue weighted by atomic mass is 9.93. The molecular formula is C13H24N2O. The van der Waals surface area contributed by atoms with E-state index in [0.717, 1.165) is 25.0 Å². The van der Waals surface area contributed by atoms with Crippen molar-refractivity contribution in [3.05, 3.63) is 17.0 Å². The molecule has 0 bridgehead atoms. The van der Waals surface area contributed by atoms with Crippen molar-refractivity contribution >= 4 is 0 Å². The Morgan fingerprint density at radius 1 is 1.38 bits per heavy atom. The van der Waals surface area contributed by atoms with Crippen molar-refractivity contribution in [1.29, 1.82) is 0 Å². The third-order valence-electron chi connectivity index (χ3n) is 3.47. The van der Waals surface area contributed by atoms with E-state index in [1.54, 1.807) is 0 Å². The molecule has 0 saturated carbocycles.